The van der Waals surface area contributed by atoms with Crippen LogP contribution in [0.3, 0.4) is 0 Å². The van der Waals surface area contributed by atoms with Gasteiger partial charge >= 0.3 is 5.97 Å². The maximum absolute atomic E-state index is 12.4. The highest BCUT2D eigenvalue weighted by atomic mass is 16.4. The van der Waals surface area contributed by atoms with Gasteiger partial charge in [0.05, 0.1) is 5.92 Å². The van der Waals surface area contributed by atoms with Gasteiger partial charge in [0.2, 0.25) is 0 Å². The second-order valence-electron chi connectivity index (χ2n) is 5.61. The molecule has 1 amide bonds. The number of hydrogen-bond acceptors (Lipinski definition) is 2. The van der Waals surface area contributed by atoms with Crippen molar-refractivity contribution in [1.82, 2.24) is 0 Å². The Kier molecular flexibility index (Phi) is 5.52. The first kappa shape index (κ1) is 16.7. The Morgan fingerprint density at radius 1 is 1.09 bits per heavy atom. The lowest BCUT2D eigenvalue weighted by Gasteiger charge is -2.10. The fourth-order valence-electron chi connectivity index (χ4n) is 2.41. The molecule has 23 heavy (non-hydrogen) atoms. The van der Waals surface area contributed by atoms with Crippen molar-refractivity contribution in [2.75, 3.05) is 5.32 Å². The van der Waals surface area contributed by atoms with Crippen LogP contribution < -0.4 is 5.32 Å². The van der Waals surface area contributed by atoms with Gasteiger partial charge in [-0.15, -0.1) is 0 Å². The van der Waals surface area contributed by atoms with Gasteiger partial charge < -0.3 is 10.4 Å². The van der Waals surface area contributed by atoms with E-state index < -0.39 is 11.9 Å². The molecule has 1 atom stereocenters. The molecule has 2 aromatic carbocycles. The van der Waals surface area contributed by atoms with E-state index in [1.54, 1.807) is 19.1 Å². The van der Waals surface area contributed by atoms with Gasteiger partial charge in [-0.3, -0.25) is 9.59 Å². The number of amides is 1. The normalized spacial score (nSPS) is 11.7. The van der Waals surface area contributed by atoms with Crippen LogP contribution in [-0.2, 0) is 17.6 Å². The van der Waals surface area contributed by atoms with E-state index in [0.29, 0.717) is 17.7 Å². The molecule has 0 aliphatic heterocycles. The summed E-state index contributed by atoms with van der Waals surface area (Å²) in [6.45, 7) is 3.70. The van der Waals surface area contributed by atoms with Crippen molar-refractivity contribution in [3.05, 3.63) is 65.2 Å². The number of carbonyl (C=O) groups is 2. The van der Waals surface area contributed by atoms with Crippen molar-refractivity contribution in [2.45, 2.75) is 26.7 Å². The summed E-state index contributed by atoms with van der Waals surface area (Å²) in [5.74, 6) is -1.36. The lowest BCUT2D eigenvalue weighted by Crippen LogP contribution is -2.14. The minimum Gasteiger partial charge on any atom is -0.481 e. The summed E-state index contributed by atoms with van der Waals surface area (Å²) < 4.78 is 0. The Hall–Kier alpha value is -2.62. The Morgan fingerprint density at radius 2 is 1.74 bits per heavy atom. The van der Waals surface area contributed by atoms with Crippen LogP contribution in [0.5, 0.6) is 0 Å². The van der Waals surface area contributed by atoms with Gasteiger partial charge in [0.1, 0.15) is 0 Å². The Bertz CT molecular complexity index is 692. The lowest BCUT2D eigenvalue weighted by atomic mass is 10.0. The Balaban J connectivity index is 2.06. The summed E-state index contributed by atoms with van der Waals surface area (Å²) in [6, 6.07) is 14.8. The van der Waals surface area contributed by atoms with Crippen LogP contribution in [-0.4, -0.2) is 17.0 Å². The molecular weight excluding hydrogens is 290 g/mol. The van der Waals surface area contributed by atoms with Crippen LogP contribution in [0.4, 0.5) is 5.69 Å². The molecule has 0 saturated carbocycles. The van der Waals surface area contributed by atoms with Crippen molar-refractivity contribution in [3.63, 3.8) is 0 Å². The number of carboxylic acids is 1. The standard InChI is InChI=1S/C19H21NO3/c1-3-15-6-4-5-7-17(15)18(21)20-16-10-8-14(9-11-16)12-13(2)19(22)23/h4-11,13H,3,12H2,1-2H3,(H,20,21)(H,22,23). The number of benzene rings is 2. The number of carbonyl (C=O) groups excluding carboxylic acids is 1. The van der Waals surface area contributed by atoms with Crippen LogP contribution in [0, 0.1) is 5.92 Å². The largest absolute Gasteiger partial charge is 0.481 e. The quantitative estimate of drug-likeness (QED) is 0.853. The van der Waals surface area contributed by atoms with E-state index >= 15 is 0 Å². The molecule has 0 saturated heterocycles. The summed E-state index contributed by atoms with van der Waals surface area (Å²) >= 11 is 0. The fraction of sp³-hybridized carbons (Fsp3) is 0.263. The predicted octanol–water partition coefficient (Wildman–Crippen LogP) is 3.76. The molecule has 2 aromatic rings. The summed E-state index contributed by atoms with van der Waals surface area (Å²) in [5, 5.41) is 11.8. The van der Waals surface area contributed by atoms with Crippen molar-refractivity contribution >= 4 is 17.6 Å². The number of aliphatic carboxylic acids is 1. The molecular formula is C19H21NO3. The third-order valence-corrected chi connectivity index (χ3v) is 3.82. The van der Waals surface area contributed by atoms with Gasteiger partial charge in [0.25, 0.3) is 5.91 Å². The molecule has 0 heterocycles. The fourth-order valence-corrected chi connectivity index (χ4v) is 2.41. The van der Waals surface area contributed by atoms with Crippen LogP contribution in [0.15, 0.2) is 48.5 Å². The zero-order valence-electron chi connectivity index (χ0n) is 13.4. The van der Waals surface area contributed by atoms with E-state index in [9.17, 15) is 9.59 Å². The summed E-state index contributed by atoms with van der Waals surface area (Å²) in [4.78, 5) is 23.2. The third kappa shape index (κ3) is 4.42. The molecule has 0 aliphatic carbocycles. The molecule has 0 fully saturated rings. The topological polar surface area (TPSA) is 66.4 Å². The van der Waals surface area contributed by atoms with Crippen LogP contribution in [0.1, 0.15) is 35.3 Å². The minimum atomic E-state index is -0.807. The van der Waals surface area contributed by atoms with Gasteiger partial charge in [-0.1, -0.05) is 44.2 Å². The zero-order valence-corrected chi connectivity index (χ0v) is 13.4. The van der Waals surface area contributed by atoms with E-state index in [0.717, 1.165) is 17.5 Å². The number of carboxylic acid groups (broad SMARTS) is 1. The number of aryl methyl sites for hydroxylation is 1. The van der Waals surface area contributed by atoms with Crippen molar-refractivity contribution in [1.29, 1.82) is 0 Å². The molecule has 0 spiro atoms. The number of hydrogen-bond donors (Lipinski definition) is 2. The SMILES string of the molecule is CCc1ccccc1C(=O)Nc1ccc(CC(C)C(=O)O)cc1. The molecule has 4 nitrogen and oxygen atoms in total. The monoisotopic (exact) mass is 311 g/mol. The van der Waals surface area contributed by atoms with Crippen molar-refractivity contribution < 1.29 is 14.7 Å². The zero-order chi connectivity index (χ0) is 16.8. The summed E-state index contributed by atoms with van der Waals surface area (Å²) in [7, 11) is 0. The number of anilines is 1. The lowest BCUT2D eigenvalue weighted by molar-refractivity contribution is -0.141. The first-order chi connectivity index (χ1) is 11.0. The highest BCUT2D eigenvalue weighted by molar-refractivity contribution is 6.05. The molecule has 0 radical (unpaired) electrons. The van der Waals surface area contributed by atoms with Crippen molar-refractivity contribution in [3.8, 4) is 0 Å². The molecule has 0 aromatic heterocycles. The minimum absolute atomic E-state index is 0.130. The molecule has 4 heteroatoms. The van der Waals surface area contributed by atoms with Crippen LogP contribution in [0.25, 0.3) is 0 Å². The number of rotatable bonds is 6. The molecule has 120 valence electrons. The number of nitrogens with one attached hydrogen (secondary N) is 1. The first-order valence-electron chi connectivity index (χ1n) is 7.72. The second kappa shape index (κ2) is 7.58. The Morgan fingerprint density at radius 3 is 2.35 bits per heavy atom. The molecule has 1 unspecified atom stereocenters. The maximum atomic E-state index is 12.4. The average Bonchev–Trinajstić information content (AvgIpc) is 2.56. The highest BCUT2D eigenvalue weighted by Crippen LogP contribution is 2.16. The van der Waals surface area contributed by atoms with Gasteiger partial charge in [-0.05, 0) is 42.2 Å². The average molecular weight is 311 g/mol. The van der Waals surface area contributed by atoms with Crippen LogP contribution >= 0.6 is 0 Å². The predicted molar refractivity (Wildman–Crippen MR) is 90.7 cm³/mol. The van der Waals surface area contributed by atoms with E-state index in [-0.39, 0.29) is 5.91 Å². The molecule has 2 rings (SSSR count). The van der Waals surface area contributed by atoms with E-state index in [4.69, 9.17) is 5.11 Å². The van der Waals surface area contributed by atoms with Gasteiger partial charge in [-0.25, -0.2) is 0 Å². The first-order valence-corrected chi connectivity index (χ1v) is 7.72. The Labute approximate surface area is 136 Å². The van der Waals surface area contributed by atoms with Crippen molar-refractivity contribution in [2.24, 2.45) is 5.92 Å². The summed E-state index contributed by atoms with van der Waals surface area (Å²) in [6.07, 6.45) is 1.28. The van der Waals surface area contributed by atoms with Crippen LogP contribution in [0.2, 0.25) is 0 Å². The summed E-state index contributed by atoms with van der Waals surface area (Å²) in [5.41, 5.74) is 3.33. The van der Waals surface area contributed by atoms with E-state index in [1.807, 2.05) is 43.3 Å². The maximum Gasteiger partial charge on any atom is 0.306 e. The third-order valence-electron chi connectivity index (χ3n) is 3.82. The smallest absolute Gasteiger partial charge is 0.306 e. The van der Waals surface area contributed by atoms with Gasteiger partial charge in [0, 0.05) is 11.3 Å². The van der Waals surface area contributed by atoms with Gasteiger partial charge in [0.15, 0.2) is 0 Å². The molecule has 0 aliphatic rings. The van der Waals surface area contributed by atoms with E-state index in [1.165, 1.54) is 0 Å². The van der Waals surface area contributed by atoms with Gasteiger partial charge in [-0.2, -0.15) is 0 Å². The highest BCUT2D eigenvalue weighted by Gasteiger charge is 2.12. The van der Waals surface area contributed by atoms with E-state index in [2.05, 4.69) is 5.32 Å². The molecule has 0 bridgehead atoms. The molecule has 2 N–H and O–H groups in total. The second-order valence-corrected chi connectivity index (χ2v) is 5.61.